The number of carbonyl (C=O) groups is 2. The van der Waals surface area contributed by atoms with Gasteiger partial charge in [-0.3, -0.25) is 9.59 Å². The van der Waals surface area contributed by atoms with E-state index in [-0.39, 0.29) is 17.6 Å². The molecule has 4 rings (SSSR count). The molecule has 0 aliphatic carbocycles. The lowest BCUT2D eigenvalue weighted by molar-refractivity contribution is -0.114. The number of aryl methyl sites for hydroxylation is 1. The van der Waals surface area contributed by atoms with Gasteiger partial charge in [0.2, 0.25) is 5.91 Å². The first kappa shape index (κ1) is 27.3. The summed E-state index contributed by atoms with van der Waals surface area (Å²) in [6, 6.07) is 23.6. The molecular formula is C29H24Cl2N4O2S. The third-order valence-electron chi connectivity index (χ3n) is 5.89. The van der Waals surface area contributed by atoms with Crippen molar-refractivity contribution in [3.63, 3.8) is 0 Å². The number of benzene rings is 3. The lowest BCUT2D eigenvalue weighted by Gasteiger charge is -2.30. The van der Waals surface area contributed by atoms with Gasteiger partial charge in [0, 0.05) is 32.7 Å². The number of amides is 2. The van der Waals surface area contributed by atoms with Crippen LogP contribution in [0, 0.1) is 18.3 Å². The van der Waals surface area contributed by atoms with Crippen molar-refractivity contribution in [2.24, 2.45) is 0 Å². The second-order valence-electron chi connectivity index (χ2n) is 8.64. The highest BCUT2D eigenvalue weighted by Gasteiger charge is 2.36. The number of nitriles is 1. The van der Waals surface area contributed by atoms with E-state index in [4.69, 9.17) is 23.2 Å². The summed E-state index contributed by atoms with van der Waals surface area (Å²) < 4.78 is 0. The van der Waals surface area contributed by atoms with Crippen LogP contribution in [0.4, 0.5) is 11.4 Å². The number of anilines is 2. The number of rotatable bonds is 7. The predicted molar refractivity (Wildman–Crippen MR) is 155 cm³/mol. The van der Waals surface area contributed by atoms with Crippen molar-refractivity contribution < 1.29 is 9.59 Å². The largest absolute Gasteiger partial charge is 0.353 e. The lowest BCUT2D eigenvalue weighted by Crippen LogP contribution is -2.31. The molecule has 0 bridgehead atoms. The third kappa shape index (κ3) is 6.40. The minimum Gasteiger partial charge on any atom is -0.353 e. The molecule has 1 atom stereocenters. The van der Waals surface area contributed by atoms with Gasteiger partial charge in [0.1, 0.15) is 0 Å². The van der Waals surface area contributed by atoms with E-state index < -0.39 is 5.92 Å². The molecule has 1 heterocycles. The molecule has 3 aromatic carbocycles. The Morgan fingerprint density at radius 3 is 2.24 bits per heavy atom. The van der Waals surface area contributed by atoms with Gasteiger partial charge in [-0.25, -0.2) is 0 Å². The summed E-state index contributed by atoms with van der Waals surface area (Å²) in [5, 5.41) is 20.7. The van der Waals surface area contributed by atoms with E-state index in [1.807, 2.05) is 37.3 Å². The molecule has 2 amide bonds. The average molecular weight is 564 g/mol. The fourth-order valence-electron chi connectivity index (χ4n) is 4.05. The minimum atomic E-state index is -0.732. The van der Waals surface area contributed by atoms with Crippen LogP contribution in [-0.2, 0) is 9.59 Å². The molecule has 38 heavy (non-hydrogen) atoms. The Bertz CT molecular complexity index is 1480. The third-order valence-corrected chi connectivity index (χ3v) is 7.51. The summed E-state index contributed by atoms with van der Waals surface area (Å²) in [5.74, 6) is -1.26. The lowest BCUT2D eigenvalue weighted by atomic mass is 9.82. The van der Waals surface area contributed by atoms with Gasteiger partial charge >= 0.3 is 0 Å². The predicted octanol–water partition coefficient (Wildman–Crippen LogP) is 7.01. The molecule has 0 spiro atoms. The monoisotopic (exact) mass is 562 g/mol. The number of carbonyl (C=O) groups excluding carboxylic acids is 2. The summed E-state index contributed by atoms with van der Waals surface area (Å²) in [6.07, 6.45) is 0. The summed E-state index contributed by atoms with van der Waals surface area (Å²) in [6.45, 7) is 3.74. The van der Waals surface area contributed by atoms with Gasteiger partial charge in [0.25, 0.3) is 5.91 Å². The molecule has 0 saturated carbocycles. The molecule has 9 heteroatoms. The van der Waals surface area contributed by atoms with Crippen LogP contribution in [0.3, 0.4) is 0 Å². The number of halogens is 2. The maximum Gasteiger partial charge on any atom is 0.254 e. The van der Waals surface area contributed by atoms with Crippen LogP contribution >= 0.6 is 35.0 Å². The Labute approximate surface area is 235 Å². The molecule has 6 nitrogen and oxygen atoms in total. The minimum absolute atomic E-state index is 0.0657. The molecule has 1 aliphatic heterocycles. The highest BCUT2D eigenvalue weighted by Crippen LogP contribution is 2.43. The molecule has 3 aromatic rings. The van der Waals surface area contributed by atoms with Gasteiger partial charge in [-0.15, -0.1) is 0 Å². The standard InChI is InChI=1S/C29H24Cl2N4O2S/c1-17-7-11-20(12-8-17)34-25(36)16-38-29-23(15-32)27(22-5-3-4-6-24(22)31)26(18(2)33-29)28(37)35-21-13-9-19(30)10-14-21/h3-14,27,33H,16H2,1-2H3,(H,34,36)(H,35,37)/t27-/m1/s1. The van der Waals surface area contributed by atoms with Gasteiger partial charge in [-0.1, -0.05) is 70.9 Å². The van der Waals surface area contributed by atoms with Crippen molar-refractivity contribution in [1.29, 1.82) is 5.26 Å². The van der Waals surface area contributed by atoms with Crippen LogP contribution in [-0.4, -0.2) is 17.6 Å². The van der Waals surface area contributed by atoms with Gasteiger partial charge in [0.15, 0.2) is 0 Å². The first-order chi connectivity index (χ1) is 18.3. The Morgan fingerprint density at radius 2 is 1.58 bits per heavy atom. The fourth-order valence-corrected chi connectivity index (χ4v) is 5.31. The van der Waals surface area contributed by atoms with Crippen molar-refractivity contribution in [1.82, 2.24) is 5.32 Å². The van der Waals surface area contributed by atoms with Crippen LogP contribution in [0.15, 0.2) is 94.7 Å². The van der Waals surface area contributed by atoms with Gasteiger partial charge in [-0.05, 0) is 61.9 Å². The van der Waals surface area contributed by atoms with Crippen molar-refractivity contribution in [2.45, 2.75) is 19.8 Å². The quantitative estimate of drug-likeness (QED) is 0.288. The topological polar surface area (TPSA) is 94.0 Å². The molecule has 1 aliphatic rings. The van der Waals surface area contributed by atoms with Crippen LogP contribution in [0.2, 0.25) is 10.0 Å². The van der Waals surface area contributed by atoms with Crippen LogP contribution in [0.5, 0.6) is 0 Å². The smallest absolute Gasteiger partial charge is 0.254 e. The van der Waals surface area contributed by atoms with E-state index in [1.54, 1.807) is 49.4 Å². The van der Waals surface area contributed by atoms with E-state index in [0.717, 1.165) is 5.56 Å². The first-order valence-corrected chi connectivity index (χ1v) is 13.4. The number of thioether (sulfide) groups is 1. The van der Waals surface area contributed by atoms with Crippen molar-refractivity contribution in [2.75, 3.05) is 16.4 Å². The summed E-state index contributed by atoms with van der Waals surface area (Å²) in [4.78, 5) is 26.2. The second kappa shape index (κ2) is 12.2. The number of nitrogens with zero attached hydrogens (tertiary/aromatic N) is 1. The molecule has 0 aromatic heterocycles. The molecule has 0 radical (unpaired) electrons. The summed E-state index contributed by atoms with van der Waals surface area (Å²) in [5.41, 5.74) is 4.19. The maximum atomic E-state index is 13.5. The number of hydrogen-bond acceptors (Lipinski definition) is 5. The maximum absolute atomic E-state index is 13.5. The van der Waals surface area contributed by atoms with E-state index in [1.165, 1.54) is 11.8 Å². The Morgan fingerprint density at radius 1 is 0.947 bits per heavy atom. The number of dihydropyridines is 1. The molecule has 0 fully saturated rings. The van der Waals surface area contributed by atoms with Gasteiger partial charge < -0.3 is 16.0 Å². The first-order valence-electron chi connectivity index (χ1n) is 11.7. The summed E-state index contributed by atoms with van der Waals surface area (Å²) >= 11 is 13.7. The van der Waals surface area contributed by atoms with Crippen LogP contribution < -0.4 is 16.0 Å². The fraction of sp³-hybridized carbons (Fsp3) is 0.138. The van der Waals surface area contributed by atoms with E-state index >= 15 is 0 Å². The number of nitrogens with one attached hydrogen (secondary N) is 3. The number of allylic oxidation sites excluding steroid dienone is 2. The molecule has 192 valence electrons. The Balaban J connectivity index is 1.63. The zero-order valence-electron chi connectivity index (χ0n) is 20.6. The molecular weight excluding hydrogens is 539 g/mol. The zero-order chi connectivity index (χ0) is 27.2. The Hall–Kier alpha value is -3.70. The Kier molecular flexibility index (Phi) is 8.80. The zero-order valence-corrected chi connectivity index (χ0v) is 23.0. The second-order valence-corrected chi connectivity index (χ2v) is 10.5. The van der Waals surface area contributed by atoms with E-state index in [9.17, 15) is 14.9 Å². The van der Waals surface area contributed by atoms with E-state index in [0.29, 0.717) is 48.9 Å². The molecule has 0 unspecified atom stereocenters. The van der Waals surface area contributed by atoms with Gasteiger partial charge in [0.05, 0.1) is 28.3 Å². The van der Waals surface area contributed by atoms with Crippen molar-refractivity contribution in [3.05, 3.63) is 116 Å². The van der Waals surface area contributed by atoms with Crippen LogP contribution in [0.1, 0.15) is 24.0 Å². The summed E-state index contributed by atoms with van der Waals surface area (Å²) in [7, 11) is 0. The SMILES string of the molecule is CC1=C(C(=O)Nc2ccc(Cl)cc2)[C@H](c2ccccc2Cl)C(C#N)=C(SCC(=O)Nc2ccc(C)cc2)N1. The van der Waals surface area contributed by atoms with Crippen molar-refractivity contribution >= 4 is 58.2 Å². The van der Waals surface area contributed by atoms with Gasteiger partial charge in [-0.2, -0.15) is 5.26 Å². The number of hydrogen-bond donors (Lipinski definition) is 3. The highest BCUT2D eigenvalue weighted by atomic mass is 35.5. The normalized spacial score (nSPS) is 15.0. The average Bonchev–Trinajstić information content (AvgIpc) is 2.90. The van der Waals surface area contributed by atoms with Crippen LogP contribution in [0.25, 0.3) is 0 Å². The van der Waals surface area contributed by atoms with Crippen molar-refractivity contribution in [3.8, 4) is 6.07 Å². The van der Waals surface area contributed by atoms with E-state index in [2.05, 4.69) is 22.0 Å². The molecule has 3 N–H and O–H groups in total. The molecule has 0 saturated heterocycles. The highest BCUT2D eigenvalue weighted by molar-refractivity contribution is 8.03.